The molecule has 1 aliphatic carbocycles. The number of sulfone groups is 1. The molecule has 0 radical (unpaired) electrons. The quantitative estimate of drug-likeness (QED) is 0.762. The van der Waals surface area contributed by atoms with Crippen molar-refractivity contribution in [3.8, 4) is 0 Å². The number of nitrogens with one attached hydrogen (secondary N) is 1. The summed E-state index contributed by atoms with van der Waals surface area (Å²) in [4.78, 5) is 9.40. The van der Waals surface area contributed by atoms with Gasteiger partial charge in [0.1, 0.15) is 0 Å². The lowest BCUT2D eigenvalue weighted by atomic mass is 10.1. The second-order valence-corrected chi connectivity index (χ2v) is 11.3. The third-order valence-electron chi connectivity index (χ3n) is 5.30. The van der Waals surface area contributed by atoms with Gasteiger partial charge >= 0.3 is 0 Å². The first-order valence-corrected chi connectivity index (χ1v) is 11.5. The van der Waals surface area contributed by atoms with Crippen LogP contribution in [0.5, 0.6) is 0 Å². The number of aromatic nitrogens is 2. The molecule has 3 aliphatic rings. The molecule has 0 amide bonds. The van der Waals surface area contributed by atoms with Gasteiger partial charge in [-0.1, -0.05) is 0 Å². The summed E-state index contributed by atoms with van der Waals surface area (Å²) in [7, 11) is -6.59. The van der Waals surface area contributed by atoms with Crippen LogP contribution in [0.25, 0.3) is 0 Å². The lowest BCUT2D eigenvalue weighted by Gasteiger charge is -2.42. The summed E-state index contributed by atoms with van der Waals surface area (Å²) in [6, 6.07) is -0.748. The molecule has 2 aliphatic heterocycles. The second-order valence-electron chi connectivity index (χ2n) is 7.01. The fourth-order valence-electron chi connectivity index (χ4n) is 3.80. The number of imidazole rings is 1. The minimum absolute atomic E-state index is 0.0256. The van der Waals surface area contributed by atoms with E-state index in [9.17, 15) is 16.8 Å². The molecule has 0 spiro atoms. The Labute approximate surface area is 142 Å². The molecule has 2 atom stereocenters. The van der Waals surface area contributed by atoms with Gasteiger partial charge in [0.2, 0.25) is 10.0 Å². The van der Waals surface area contributed by atoms with Gasteiger partial charge in [-0.3, -0.25) is 4.90 Å². The number of piperazine rings is 1. The van der Waals surface area contributed by atoms with Gasteiger partial charge < -0.3 is 4.98 Å². The molecule has 3 fully saturated rings. The van der Waals surface area contributed by atoms with Crippen LogP contribution < -0.4 is 0 Å². The summed E-state index contributed by atoms with van der Waals surface area (Å²) in [5.41, 5.74) is 1.84. The van der Waals surface area contributed by atoms with Crippen LogP contribution in [0.1, 0.15) is 24.2 Å². The molecule has 2 saturated heterocycles. The van der Waals surface area contributed by atoms with Crippen LogP contribution in [0.15, 0.2) is 6.33 Å². The van der Waals surface area contributed by atoms with Gasteiger partial charge in [-0.15, -0.1) is 0 Å². The van der Waals surface area contributed by atoms with E-state index < -0.39 is 25.9 Å². The maximum atomic E-state index is 12.7. The fourth-order valence-corrected chi connectivity index (χ4v) is 7.95. The number of nitrogens with zero attached hydrogens (tertiary/aromatic N) is 3. The average Bonchev–Trinajstić information content (AvgIpc) is 3.21. The monoisotopic (exact) mass is 374 g/mol. The average molecular weight is 374 g/mol. The molecule has 4 rings (SSSR count). The molecule has 0 bridgehead atoms. The maximum absolute atomic E-state index is 12.7. The number of rotatable bonds is 4. The number of hydrogen-bond donors (Lipinski definition) is 1. The first-order chi connectivity index (χ1) is 11.3. The van der Waals surface area contributed by atoms with E-state index in [4.69, 9.17) is 0 Å². The number of aromatic amines is 1. The normalized spacial score (nSPS) is 31.2. The highest BCUT2D eigenvalue weighted by Gasteiger charge is 2.52. The number of aryl methyl sites for hydroxylation is 1. The summed E-state index contributed by atoms with van der Waals surface area (Å²) in [6.07, 6.45) is 3.01. The third kappa shape index (κ3) is 2.79. The maximum Gasteiger partial charge on any atom is 0.217 e. The smallest absolute Gasteiger partial charge is 0.217 e. The van der Waals surface area contributed by atoms with E-state index in [1.54, 1.807) is 6.33 Å². The van der Waals surface area contributed by atoms with E-state index in [1.165, 1.54) is 4.31 Å². The van der Waals surface area contributed by atoms with Crippen molar-refractivity contribution < 1.29 is 16.8 Å². The largest absolute Gasteiger partial charge is 0.348 e. The van der Waals surface area contributed by atoms with E-state index >= 15 is 0 Å². The number of fused-ring (bicyclic) bond motifs is 1. The Morgan fingerprint density at radius 2 is 1.96 bits per heavy atom. The number of hydrogen-bond acceptors (Lipinski definition) is 6. The van der Waals surface area contributed by atoms with Crippen molar-refractivity contribution in [3.05, 3.63) is 17.7 Å². The third-order valence-corrected chi connectivity index (χ3v) is 9.42. The summed E-state index contributed by atoms with van der Waals surface area (Å²) in [5, 5.41) is -0.304. The summed E-state index contributed by atoms with van der Waals surface area (Å²) >= 11 is 0. The molecule has 1 saturated carbocycles. The molecule has 0 aromatic carbocycles. The van der Waals surface area contributed by atoms with Crippen molar-refractivity contribution in [2.45, 2.75) is 43.6 Å². The van der Waals surface area contributed by atoms with Crippen LogP contribution >= 0.6 is 0 Å². The topological polar surface area (TPSA) is 103 Å². The molecule has 3 heterocycles. The highest BCUT2D eigenvalue weighted by Crippen LogP contribution is 2.36. The first-order valence-electron chi connectivity index (χ1n) is 8.22. The van der Waals surface area contributed by atoms with Gasteiger partial charge in [0.25, 0.3) is 0 Å². The van der Waals surface area contributed by atoms with Crippen molar-refractivity contribution in [1.82, 2.24) is 19.2 Å². The van der Waals surface area contributed by atoms with Crippen LogP contribution in [-0.2, 0) is 26.4 Å². The Morgan fingerprint density at radius 3 is 2.58 bits per heavy atom. The second kappa shape index (κ2) is 5.52. The number of H-pyrrole nitrogens is 1. The van der Waals surface area contributed by atoms with Gasteiger partial charge in [0.05, 0.1) is 34.8 Å². The fraction of sp³-hybridized carbons (Fsp3) is 0.786. The summed E-state index contributed by atoms with van der Waals surface area (Å²) < 4.78 is 51.2. The van der Waals surface area contributed by atoms with Crippen molar-refractivity contribution >= 4 is 19.9 Å². The molecule has 0 unspecified atom stereocenters. The zero-order chi connectivity index (χ0) is 17.1. The minimum Gasteiger partial charge on any atom is -0.348 e. The summed E-state index contributed by atoms with van der Waals surface area (Å²) in [5.74, 6) is -0.0442. The molecule has 1 aromatic heterocycles. The van der Waals surface area contributed by atoms with E-state index in [0.717, 1.165) is 11.4 Å². The lowest BCUT2D eigenvalue weighted by Crippen LogP contribution is -2.60. The van der Waals surface area contributed by atoms with Crippen molar-refractivity contribution in [3.63, 3.8) is 0 Å². The molecule has 8 nitrogen and oxygen atoms in total. The Balaban J connectivity index is 1.62. The molecule has 24 heavy (non-hydrogen) atoms. The molecule has 10 heteroatoms. The Bertz CT molecular complexity index is 844. The van der Waals surface area contributed by atoms with Crippen LogP contribution in [0.2, 0.25) is 0 Å². The van der Waals surface area contributed by atoms with E-state index in [0.29, 0.717) is 32.5 Å². The Kier molecular flexibility index (Phi) is 3.79. The van der Waals surface area contributed by atoms with Crippen molar-refractivity contribution in [1.29, 1.82) is 0 Å². The van der Waals surface area contributed by atoms with E-state index in [2.05, 4.69) is 14.9 Å². The van der Waals surface area contributed by atoms with E-state index in [1.807, 2.05) is 6.92 Å². The van der Waals surface area contributed by atoms with Crippen LogP contribution in [0, 0.1) is 6.92 Å². The Hall–Kier alpha value is -0.970. The molecule has 1 N–H and O–H groups in total. The molecular weight excluding hydrogens is 352 g/mol. The van der Waals surface area contributed by atoms with Crippen molar-refractivity contribution in [2.75, 3.05) is 24.6 Å². The SMILES string of the molecule is Cc1[nH]cnc1CN1CCN(S(=O)(=O)C2CC2)[C@H]2CS(=O)(=O)C[C@H]21. The minimum atomic E-state index is -3.37. The zero-order valence-electron chi connectivity index (χ0n) is 13.6. The Morgan fingerprint density at radius 1 is 1.25 bits per heavy atom. The van der Waals surface area contributed by atoms with Crippen LogP contribution in [-0.4, -0.2) is 77.9 Å². The molecule has 1 aromatic rings. The number of sulfonamides is 1. The van der Waals surface area contributed by atoms with Crippen LogP contribution in [0.4, 0.5) is 0 Å². The van der Waals surface area contributed by atoms with Gasteiger partial charge in [0, 0.05) is 31.4 Å². The summed E-state index contributed by atoms with van der Waals surface area (Å²) in [6.45, 7) is 3.37. The van der Waals surface area contributed by atoms with Gasteiger partial charge in [-0.25, -0.2) is 21.8 Å². The highest BCUT2D eigenvalue weighted by molar-refractivity contribution is 7.92. The molecular formula is C14H22N4O4S2. The van der Waals surface area contributed by atoms with Crippen molar-refractivity contribution in [2.24, 2.45) is 0 Å². The predicted octanol–water partition coefficient (Wildman–Crippen LogP) is -0.506. The standard InChI is InChI=1S/C14H22N4O4S2/c1-10-12(16-9-15-10)6-17-4-5-18(24(21,22)11-2-3-11)14-8-23(19,20)7-13(14)17/h9,11,13-14H,2-8H2,1H3,(H,15,16)/t13-,14+/m1/s1. The first kappa shape index (κ1) is 16.5. The van der Waals surface area contributed by atoms with E-state index in [-0.39, 0.29) is 22.8 Å². The van der Waals surface area contributed by atoms with Crippen LogP contribution in [0.3, 0.4) is 0 Å². The van der Waals surface area contributed by atoms with Gasteiger partial charge in [-0.05, 0) is 19.8 Å². The molecule has 134 valence electrons. The predicted molar refractivity (Wildman–Crippen MR) is 88.6 cm³/mol. The zero-order valence-corrected chi connectivity index (χ0v) is 15.2. The highest BCUT2D eigenvalue weighted by atomic mass is 32.2. The van der Waals surface area contributed by atoms with Gasteiger partial charge in [-0.2, -0.15) is 4.31 Å². The lowest BCUT2D eigenvalue weighted by molar-refractivity contribution is 0.0878. The van der Waals surface area contributed by atoms with Gasteiger partial charge in [0.15, 0.2) is 9.84 Å².